The normalized spacial score (nSPS) is 10.8. The van der Waals surface area contributed by atoms with E-state index in [1.54, 1.807) is 18.2 Å². The number of carbonyl (C=O) groups excluding carboxylic acids is 1. The molecule has 1 aromatic heterocycles. The second-order valence-electron chi connectivity index (χ2n) is 4.21. The monoisotopic (exact) mass is 340 g/mol. The minimum atomic E-state index is -0.638. The highest BCUT2D eigenvalue weighted by Gasteiger charge is 2.14. The number of rotatable bonds is 2. The summed E-state index contributed by atoms with van der Waals surface area (Å²) in [5.41, 5.74) is 0.589. The zero-order valence-corrected chi connectivity index (χ0v) is 12.7. The summed E-state index contributed by atoms with van der Waals surface area (Å²) in [5.74, 6) is -1.23. The maximum atomic E-state index is 13.6. The van der Waals surface area contributed by atoms with Gasteiger partial charge in [-0.15, -0.1) is 0 Å². The third kappa shape index (κ3) is 3.00. The summed E-state index contributed by atoms with van der Waals surface area (Å²) in [5, 5.41) is 3.81. The molecule has 0 spiro atoms. The van der Waals surface area contributed by atoms with E-state index in [0.29, 0.717) is 15.7 Å². The van der Waals surface area contributed by atoms with Gasteiger partial charge in [-0.2, -0.15) is 0 Å². The van der Waals surface area contributed by atoms with Gasteiger partial charge in [-0.25, -0.2) is 9.37 Å². The molecular formula is C14H7Cl2FN2OS. The number of amides is 1. The second kappa shape index (κ2) is 5.60. The van der Waals surface area contributed by atoms with Crippen LogP contribution in [0.2, 0.25) is 10.0 Å². The summed E-state index contributed by atoms with van der Waals surface area (Å²) in [7, 11) is 0. The van der Waals surface area contributed by atoms with Gasteiger partial charge in [0, 0.05) is 10.0 Å². The van der Waals surface area contributed by atoms with Crippen molar-refractivity contribution in [2.75, 3.05) is 5.32 Å². The van der Waals surface area contributed by atoms with Crippen LogP contribution in [-0.2, 0) is 0 Å². The number of hydrogen-bond donors (Lipinski definition) is 1. The van der Waals surface area contributed by atoms with Crippen LogP contribution < -0.4 is 5.32 Å². The van der Waals surface area contributed by atoms with E-state index in [9.17, 15) is 9.18 Å². The maximum Gasteiger partial charge on any atom is 0.260 e. The Morgan fingerprint density at radius 1 is 1.14 bits per heavy atom. The molecule has 0 aliphatic carbocycles. The van der Waals surface area contributed by atoms with Crippen molar-refractivity contribution in [3.05, 3.63) is 57.8 Å². The quantitative estimate of drug-likeness (QED) is 0.713. The lowest BCUT2D eigenvalue weighted by molar-refractivity contribution is 0.102. The number of nitrogens with zero attached hydrogens (tertiary/aromatic N) is 1. The first-order valence-corrected chi connectivity index (χ1v) is 7.43. The Morgan fingerprint density at radius 2 is 1.86 bits per heavy atom. The Hall–Kier alpha value is -1.69. The van der Waals surface area contributed by atoms with Crippen molar-refractivity contribution >= 4 is 55.8 Å². The molecule has 0 unspecified atom stereocenters. The molecule has 3 nitrogen and oxygen atoms in total. The van der Waals surface area contributed by atoms with Crippen LogP contribution in [0.25, 0.3) is 10.2 Å². The van der Waals surface area contributed by atoms with Gasteiger partial charge >= 0.3 is 0 Å². The zero-order chi connectivity index (χ0) is 15.0. The van der Waals surface area contributed by atoms with Crippen molar-refractivity contribution in [1.82, 2.24) is 4.98 Å². The predicted octanol–water partition coefficient (Wildman–Crippen LogP) is 4.99. The van der Waals surface area contributed by atoms with Crippen LogP contribution in [0.15, 0.2) is 36.4 Å². The Labute approximate surface area is 133 Å². The molecule has 0 atom stereocenters. The molecule has 0 bridgehead atoms. The van der Waals surface area contributed by atoms with E-state index in [0.717, 1.165) is 10.8 Å². The summed E-state index contributed by atoms with van der Waals surface area (Å²) in [6.07, 6.45) is 0. The average molecular weight is 341 g/mol. The third-order valence-corrected chi connectivity index (χ3v) is 4.15. The highest BCUT2D eigenvalue weighted by atomic mass is 35.5. The van der Waals surface area contributed by atoms with E-state index in [1.165, 1.54) is 23.5 Å². The number of halogens is 3. The molecule has 1 heterocycles. The topological polar surface area (TPSA) is 42.0 Å². The number of nitrogens with one attached hydrogen (secondary N) is 1. The van der Waals surface area contributed by atoms with Gasteiger partial charge in [0.05, 0.1) is 15.8 Å². The van der Waals surface area contributed by atoms with Crippen LogP contribution in [0.5, 0.6) is 0 Å². The minimum absolute atomic E-state index is 0.125. The van der Waals surface area contributed by atoms with Gasteiger partial charge in [-0.3, -0.25) is 10.1 Å². The van der Waals surface area contributed by atoms with E-state index < -0.39 is 11.7 Å². The van der Waals surface area contributed by atoms with Crippen molar-refractivity contribution in [3.63, 3.8) is 0 Å². The molecule has 3 rings (SSSR count). The van der Waals surface area contributed by atoms with Crippen molar-refractivity contribution in [2.45, 2.75) is 0 Å². The lowest BCUT2D eigenvalue weighted by Crippen LogP contribution is -2.13. The molecular weight excluding hydrogens is 334 g/mol. The molecule has 0 aliphatic rings. The highest BCUT2D eigenvalue weighted by Crippen LogP contribution is 2.28. The summed E-state index contributed by atoms with van der Waals surface area (Å²) >= 11 is 12.9. The van der Waals surface area contributed by atoms with Crippen molar-refractivity contribution in [1.29, 1.82) is 0 Å². The van der Waals surface area contributed by atoms with Gasteiger partial charge in [0.15, 0.2) is 5.13 Å². The molecule has 0 saturated carbocycles. The Morgan fingerprint density at radius 3 is 2.67 bits per heavy atom. The SMILES string of the molecule is O=C(Nc1nc2ccc(Cl)cc2s1)c1cc(Cl)ccc1F. The fourth-order valence-electron chi connectivity index (χ4n) is 1.79. The molecule has 21 heavy (non-hydrogen) atoms. The van der Waals surface area contributed by atoms with Crippen molar-refractivity contribution in [3.8, 4) is 0 Å². The van der Waals surface area contributed by atoms with Crippen LogP contribution in [0.1, 0.15) is 10.4 Å². The second-order valence-corrected chi connectivity index (χ2v) is 6.11. The van der Waals surface area contributed by atoms with E-state index >= 15 is 0 Å². The van der Waals surface area contributed by atoms with Gasteiger partial charge in [-0.05, 0) is 36.4 Å². The minimum Gasteiger partial charge on any atom is -0.298 e. The van der Waals surface area contributed by atoms with Crippen LogP contribution in [0, 0.1) is 5.82 Å². The van der Waals surface area contributed by atoms with Gasteiger partial charge in [-0.1, -0.05) is 34.5 Å². The standard InChI is InChI=1S/C14H7Cl2FN2OS/c15-7-1-3-10(17)9(5-7)13(20)19-14-18-11-4-2-8(16)6-12(11)21-14/h1-6H,(H,18,19,20). The summed E-state index contributed by atoms with van der Waals surface area (Å²) in [6, 6.07) is 9.03. The molecule has 0 saturated heterocycles. The largest absolute Gasteiger partial charge is 0.298 e. The van der Waals surface area contributed by atoms with Gasteiger partial charge in [0.2, 0.25) is 0 Å². The lowest BCUT2D eigenvalue weighted by Gasteiger charge is -2.03. The maximum absolute atomic E-state index is 13.6. The number of fused-ring (bicyclic) bond motifs is 1. The molecule has 0 radical (unpaired) electrons. The number of aromatic nitrogens is 1. The molecule has 3 aromatic rings. The van der Waals surface area contributed by atoms with Gasteiger partial charge in [0.25, 0.3) is 5.91 Å². The molecule has 7 heteroatoms. The fourth-order valence-corrected chi connectivity index (χ4v) is 3.10. The Kier molecular flexibility index (Phi) is 3.80. The van der Waals surface area contributed by atoms with Gasteiger partial charge in [0.1, 0.15) is 5.82 Å². The number of benzene rings is 2. The van der Waals surface area contributed by atoms with Crippen LogP contribution in [-0.4, -0.2) is 10.9 Å². The summed E-state index contributed by atoms with van der Waals surface area (Å²) in [6.45, 7) is 0. The first-order valence-electron chi connectivity index (χ1n) is 5.85. The predicted molar refractivity (Wildman–Crippen MR) is 84.0 cm³/mol. The lowest BCUT2D eigenvalue weighted by atomic mass is 10.2. The Balaban J connectivity index is 1.90. The molecule has 0 aliphatic heterocycles. The van der Waals surface area contributed by atoms with E-state index in [2.05, 4.69) is 10.3 Å². The number of anilines is 1. The van der Waals surface area contributed by atoms with Crippen LogP contribution >= 0.6 is 34.5 Å². The molecule has 2 aromatic carbocycles. The molecule has 106 valence electrons. The van der Waals surface area contributed by atoms with Crippen LogP contribution in [0.4, 0.5) is 9.52 Å². The summed E-state index contributed by atoms with van der Waals surface area (Å²) in [4.78, 5) is 16.3. The van der Waals surface area contributed by atoms with Crippen molar-refractivity contribution < 1.29 is 9.18 Å². The van der Waals surface area contributed by atoms with Crippen LogP contribution in [0.3, 0.4) is 0 Å². The molecule has 1 N–H and O–H groups in total. The van der Waals surface area contributed by atoms with Crippen molar-refractivity contribution in [2.24, 2.45) is 0 Å². The van der Waals surface area contributed by atoms with Gasteiger partial charge < -0.3 is 0 Å². The molecule has 1 amide bonds. The number of carbonyl (C=O) groups is 1. The third-order valence-electron chi connectivity index (χ3n) is 2.74. The van der Waals surface area contributed by atoms with E-state index in [4.69, 9.17) is 23.2 Å². The smallest absolute Gasteiger partial charge is 0.260 e. The number of hydrogen-bond acceptors (Lipinski definition) is 3. The Bertz CT molecular complexity index is 850. The number of thiazole rings is 1. The highest BCUT2D eigenvalue weighted by molar-refractivity contribution is 7.22. The summed E-state index contributed by atoms with van der Waals surface area (Å²) < 4.78 is 14.5. The van der Waals surface area contributed by atoms with E-state index in [-0.39, 0.29) is 10.6 Å². The fraction of sp³-hybridized carbons (Fsp3) is 0. The zero-order valence-electron chi connectivity index (χ0n) is 10.4. The molecule has 0 fully saturated rings. The first kappa shape index (κ1) is 14.3. The first-order chi connectivity index (χ1) is 10.0. The average Bonchev–Trinajstić information content (AvgIpc) is 2.82. The van der Waals surface area contributed by atoms with E-state index in [1.807, 2.05) is 0 Å².